The highest BCUT2D eigenvalue weighted by Gasteiger charge is 2.32. The van der Waals surface area contributed by atoms with Crippen molar-refractivity contribution in [1.29, 1.82) is 0 Å². The Hall–Kier alpha value is -6.87. The number of rotatable bonds is 14. The summed E-state index contributed by atoms with van der Waals surface area (Å²) in [4.78, 5) is 19.2. The Morgan fingerprint density at radius 2 is 1.14 bits per heavy atom. The molecule has 8 rings (SSSR count). The number of fused-ring (bicyclic) bond motifs is 5. The number of aromatic amines is 1. The van der Waals surface area contributed by atoms with E-state index in [1.165, 1.54) is 0 Å². The Morgan fingerprint density at radius 1 is 0.603 bits per heavy atom. The molecule has 9 nitrogen and oxygen atoms in total. The average molecular weight is 775 g/mol. The molecule has 0 bridgehead atoms. The van der Waals surface area contributed by atoms with Crippen LogP contribution in [0.3, 0.4) is 0 Å². The number of hydrogen-bond acceptors (Lipinski definition) is 7. The molecule has 0 aliphatic carbocycles. The fraction of sp³-hybridized carbons (Fsp3) is 0.204. The van der Waals surface area contributed by atoms with Crippen LogP contribution in [0.4, 0.5) is 0 Å². The molecule has 0 amide bonds. The maximum absolute atomic E-state index is 15.5. The minimum absolute atomic E-state index is 0.0589. The first kappa shape index (κ1) is 38.0. The van der Waals surface area contributed by atoms with Crippen molar-refractivity contribution >= 4 is 38.5 Å². The summed E-state index contributed by atoms with van der Waals surface area (Å²) in [6.07, 6.45) is 0.567. The number of ether oxygens (including phenoxy) is 6. The van der Waals surface area contributed by atoms with Gasteiger partial charge in [0.2, 0.25) is 5.78 Å². The van der Waals surface area contributed by atoms with Crippen LogP contribution in [0.25, 0.3) is 55.0 Å². The molecule has 294 valence electrons. The Balaban J connectivity index is 1.58. The van der Waals surface area contributed by atoms with Gasteiger partial charge in [-0.05, 0) is 104 Å². The van der Waals surface area contributed by atoms with Crippen LogP contribution in [-0.4, -0.2) is 57.0 Å². The zero-order valence-corrected chi connectivity index (χ0v) is 33.8. The fourth-order valence-electron chi connectivity index (χ4n) is 7.97. The number of methoxy groups -OCH3 is 5. The van der Waals surface area contributed by atoms with Crippen molar-refractivity contribution in [3.05, 3.63) is 132 Å². The second kappa shape index (κ2) is 15.9. The van der Waals surface area contributed by atoms with Gasteiger partial charge in [0.1, 0.15) is 28.7 Å². The van der Waals surface area contributed by atoms with Gasteiger partial charge < -0.3 is 38.0 Å². The number of aromatic nitrogens is 2. The highest BCUT2D eigenvalue weighted by molar-refractivity contribution is 6.32. The van der Waals surface area contributed by atoms with Crippen LogP contribution in [0.2, 0.25) is 0 Å². The second-order valence-corrected chi connectivity index (χ2v) is 14.3. The van der Waals surface area contributed by atoms with Crippen LogP contribution >= 0.6 is 0 Å². The van der Waals surface area contributed by atoms with Crippen molar-refractivity contribution in [3.8, 4) is 56.8 Å². The number of nitrogens with one attached hydrogen (secondary N) is 1. The molecule has 6 aromatic carbocycles. The van der Waals surface area contributed by atoms with Gasteiger partial charge in [-0.1, -0.05) is 48.5 Å². The summed E-state index contributed by atoms with van der Waals surface area (Å²) in [7, 11) is 8.29. The van der Waals surface area contributed by atoms with Gasteiger partial charge >= 0.3 is 0 Å². The lowest BCUT2D eigenvalue weighted by Crippen LogP contribution is -2.13. The van der Waals surface area contributed by atoms with Crippen molar-refractivity contribution < 1.29 is 33.2 Å². The SMILES string of the molecule is COc1ccc(CCn2c(C(=O)c3ccc(OC)cc3)c(-c3ccc(OC)cc3)c3c4c([nH]c5c(OC(C)C)cccc54)c(OC)c(-c4ccc(OC)cc4)c32)cc1. The van der Waals surface area contributed by atoms with E-state index in [9.17, 15) is 0 Å². The van der Waals surface area contributed by atoms with Gasteiger partial charge in [0.05, 0.1) is 69.5 Å². The lowest BCUT2D eigenvalue weighted by Gasteiger charge is -2.17. The van der Waals surface area contributed by atoms with Crippen LogP contribution < -0.4 is 28.4 Å². The number of para-hydroxylation sites is 1. The summed E-state index contributed by atoms with van der Waals surface area (Å²) in [6.45, 7) is 4.51. The van der Waals surface area contributed by atoms with Crippen molar-refractivity contribution in [2.24, 2.45) is 0 Å². The van der Waals surface area contributed by atoms with Gasteiger partial charge in [0.25, 0.3) is 0 Å². The quantitative estimate of drug-likeness (QED) is 0.110. The molecule has 0 saturated carbocycles. The number of carbonyl (C=O) groups is 1. The van der Waals surface area contributed by atoms with E-state index < -0.39 is 0 Å². The second-order valence-electron chi connectivity index (χ2n) is 14.3. The molecule has 9 heteroatoms. The normalized spacial score (nSPS) is 11.4. The van der Waals surface area contributed by atoms with E-state index in [1.807, 2.05) is 111 Å². The predicted octanol–water partition coefficient (Wildman–Crippen LogP) is 10.9. The first-order valence-electron chi connectivity index (χ1n) is 19.3. The highest BCUT2D eigenvalue weighted by Crippen LogP contribution is 2.52. The van der Waals surface area contributed by atoms with Crippen LogP contribution in [-0.2, 0) is 13.0 Å². The predicted molar refractivity (Wildman–Crippen MR) is 231 cm³/mol. The fourth-order valence-corrected chi connectivity index (χ4v) is 7.97. The van der Waals surface area contributed by atoms with Gasteiger partial charge in [-0.15, -0.1) is 0 Å². The number of benzene rings is 6. The number of aryl methyl sites for hydroxylation is 2. The van der Waals surface area contributed by atoms with E-state index in [0.29, 0.717) is 41.5 Å². The number of nitrogens with zero attached hydrogens (tertiary/aromatic N) is 1. The molecular weight excluding hydrogens is 729 g/mol. The molecule has 0 radical (unpaired) electrons. The Kier molecular flexibility index (Phi) is 10.4. The lowest BCUT2D eigenvalue weighted by atomic mass is 9.92. The van der Waals surface area contributed by atoms with Crippen molar-refractivity contribution in [2.75, 3.05) is 35.5 Å². The number of hydrogen-bond donors (Lipinski definition) is 1. The highest BCUT2D eigenvalue weighted by atomic mass is 16.5. The molecule has 0 aliphatic heterocycles. The molecule has 2 aromatic heterocycles. The molecule has 8 aromatic rings. The van der Waals surface area contributed by atoms with E-state index in [1.54, 1.807) is 35.5 Å². The molecule has 1 N–H and O–H groups in total. The van der Waals surface area contributed by atoms with Gasteiger partial charge in [-0.3, -0.25) is 4.79 Å². The summed E-state index contributed by atoms with van der Waals surface area (Å²) >= 11 is 0. The van der Waals surface area contributed by atoms with Crippen molar-refractivity contribution in [3.63, 3.8) is 0 Å². The summed E-state index contributed by atoms with van der Waals surface area (Å²) in [5.41, 5.74) is 8.07. The van der Waals surface area contributed by atoms with Crippen molar-refractivity contribution in [2.45, 2.75) is 32.9 Å². The van der Waals surface area contributed by atoms with Crippen molar-refractivity contribution in [1.82, 2.24) is 9.55 Å². The lowest BCUT2D eigenvalue weighted by molar-refractivity contribution is 0.103. The molecule has 0 saturated heterocycles. The first-order valence-corrected chi connectivity index (χ1v) is 19.3. The topological polar surface area (TPSA) is 93.2 Å². The van der Waals surface area contributed by atoms with E-state index >= 15 is 4.79 Å². The van der Waals surface area contributed by atoms with Crippen LogP contribution in [0.5, 0.6) is 34.5 Å². The van der Waals surface area contributed by atoms with Gasteiger partial charge in [-0.25, -0.2) is 0 Å². The summed E-state index contributed by atoms with van der Waals surface area (Å²) in [5.74, 6) is 4.13. The minimum Gasteiger partial charge on any atom is -0.497 e. The Morgan fingerprint density at radius 3 is 1.67 bits per heavy atom. The number of carbonyl (C=O) groups excluding carboxylic acids is 1. The average Bonchev–Trinajstić information content (AvgIpc) is 3.82. The molecule has 0 unspecified atom stereocenters. The molecular formula is C49H46N2O7. The third-order valence-electron chi connectivity index (χ3n) is 10.7. The smallest absolute Gasteiger partial charge is 0.210 e. The Labute approximate surface area is 337 Å². The summed E-state index contributed by atoms with van der Waals surface area (Å²) in [6, 6.07) is 37.4. The zero-order valence-electron chi connectivity index (χ0n) is 33.8. The summed E-state index contributed by atoms with van der Waals surface area (Å²) in [5, 5.41) is 2.78. The molecule has 0 aliphatic rings. The largest absolute Gasteiger partial charge is 0.497 e. The van der Waals surface area contributed by atoms with Crippen LogP contribution in [0.15, 0.2) is 115 Å². The molecule has 2 heterocycles. The van der Waals surface area contributed by atoms with Crippen LogP contribution in [0, 0.1) is 0 Å². The molecule has 0 fully saturated rings. The maximum Gasteiger partial charge on any atom is 0.210 e. The third kappa shape index (κ3) is 6.72. The minimum atomic E-state index is -0.129. The third-order valence-corrected chi connectivity index (χ3v) is 10.7. The first-order chi connectivity index (χ1) is 28.3. The van der Waals surface area contributed by atoms with E-state index in [2.05, 4.69) is 27.8 Å². The standard InChI is InChI=1S/C49H46N2O7/c1-29(2)58-39-10-8-9-38-42-43-40(31-13-21-35(54-4)22-14-31)47(48(52)33-17-25-37(56-6)26-18-33)51(28-27-30-11-19-34(53-3)20-12-30)46(43)41(32-15-23-36(55-5)24-16-32)49(57-7)45(42)50-44(38)39/h8-26,29,50H,27-28H2,1-7H3. The van der Waals surface area contributed by atoms with E-state index in [0.717, 1.165) is 77.8 Å². The Bertz CT molecular complexity index is 2740. The monoisotopic (exact) mass is 774 g/mol. The van der Waals surface area contributed by atoms with E-state index in [-0.39, 0.29) is 11.9 Å². The molecule has 58 heavy (non-hydrogen) atoms. The maximum atomic E-state index is 15.5. The van der Waals surface area contributed by atoms with Gasteiger partial charge in [-0.2, -0.15) is 0 Å². The van der Waals surface area contributed by atoms with Gasteiger partial charge in [0.15, 0.2) is 5.75 Å². The van der Waals surface area contributed by atoms with E-state index in [4.69, 9.17) is 28.4 Å². The summed E-state index contributed by atoms with van der Waals surface area (Å²) < 4.78 is 37.3. The number of ketones is 1. The van der Waals surface area contributed by atoms with Crippen LogP contribution in [0.1, 0.15) is 35.5 Å². The zero-order chi connectivity index (χ0) is 40.5. The number of H-pyrrole nitrogens is 1. The molecule has 0 atom stereocenters. The molecule has 0 spiro atoms. The van der Waals surface area contributed by atoms with Gasteiger partial charge in [0, 0.05) is 33.8 Å².